The number of carbonyl (C=O) groups is 1. The molecular formula is C15H12BrN3O. The van der Waals surface area contributed by atoms with Gasteiger partial charge < -0.3 is 11.1 Å². The van der Waals surface area contributed by atoms with E-state index >= 15 is 0 Å². The van der Waals surface area contributed by atoms with Crippen LogP contribution in [-0.4, -0.2) is 5.91 Å². The number of benzene rings is 2. The van der Waals surface area contributed by atoms with E-state index in [0.717, 1.165) is 10.0 Å². The second kappa shape index (κ2) is 5.76. The van der Waals surface area contributed by atoms with Gasteiger partial charge in [0, 0.05) is 15.7 Å². The van der Waals surface area contributed by atoms with E-state index in [1.807, 2.05) is 13.0 Å². The van der Waals surface area contributed by atoms with Gasteiger partial charge in [-0.1, -0.05) is 22.0 Å². The lowest BCUT2D eigenvalue weighted by molar-refractivity contribution is 0.102. The summed E-state index contributed by atoms with van der Waals surface area (Å²) in [6, 6.07) is 12.3. The number of nitrogens with two attached hydrogens (primary N) is 1. The zero-order chi connectivity index (χ0) is 14.7. The molecule has 4 nitrogen and oxygen atoms in total. The molecule has 0 aliphatic carbocycles. The average molecular weight is 330 g/mol. The summed E-state index contributed by atoms with van der Waals surface area (Å²) in [5.41, 5.74) is 8.41. The van der Waals surface area contributed by atoms with Crippen LogP contribution < -0.4 is 11.1 Å². The third-order valence-electron chi connectivity index (χ3n) is 2.86. The molecule has 1 amide bonds. The summed E-state index contributed by atoms with van der Waals surface area (Å²) in [4.78, 5) is 12.3. The molecule has 0 bridgehead atoms. The van der Waals surface area contributed by atoms with Gasteiger partial charge in [0.2, 0.25) is 0 Å². The van der Waals surface area contributed by atoms with Crippen molar-refractivity contribution in [3.63, 3.8) is 0 Å². The highest BCUT2D eigenvalue weighted by atomic mass is 79.9. The lowest BCUT2D eigenvalue weighted by Crippen LogP contribution is -2.14. The first kappa shape index (κ1) is 14.1. The van der Waals surface area contributed by atoms with Gasteiger partial charge in [0.25, 0.3) is 5.91 Å². The Balaban J connectivity index is 2.35. The topological polar surface area (TPSA) is 78.9 Å². The molecule has 3 N–H and O–H groups in total. The van der Waals surface area contributed by atoms with Crippen LogP contribution in [0.2, 0.25) is 0 Å². The Morgan fingerprint density at radius 2 is 2.05 bits per heavy atom. The quantitative estimate of drug-likeness (QED) is 0.828. The molecule has 2 rings (SSSR count). The van der Waals surface area contributed by atoms with E-state index in [0.29, 0.717) is 22.5 Å². The Kier molecular flexibility index (Phi) is 4.06. The predicted octanol–water partition coefficient (Wildman–Crippen LogP) is 3.46. The second-order valence-electron chi connectivity index (χ2n) is 4.33. The second-order valence-corrected chi connectivity index (χ2v) is 5.25. The molecule has 0 fully saturated rings. The molecule has 0 aromatic heterocycles. The standard InChI is InChI=1S/C15H12BrN3O/c1-9-2-5-12(18)7-13(9)15(20)19-14-6-11(16)4-3-10(14)8-17/h2-7H,18H2,1H3,(H,19,20). The van der Waals surface area contributed by atoms with E-state index in [1.165, 1.54) is 0 Å². The molecular weight excluding hydrogens is 318 g/mol. The van der Waals surface area contributed by atoms with Crippen molar-refractivity contribution in [3.8, 4) is 6.07 Å². The molecule has 0 unspecified atom stereocenters. The summed E-state index contributed by atoms with van der Waals surface area (Å²) in [7, 11) is 0. The van der Waals surface area contributed by atoms with Crippen molar-refractivity contribution in [1.82, 2.24) is 0 Å². The highest BCUT2D eigenvalue weighted by Crippen LogP contribution is 2.22. The van der Waals surface area contributed by atoms with Crippen LogP contribution in [0.1, 0.15) is 21.5 Å². The smallest absolute Gasteiger partial charge is 0.256 e. The highest BCUT2D eigenvalue weighted by molar-refractivity contribution is 9.10. The highest BCUT2D eigenvalue weighted by Gasteiger charge is 2.12. The van der Waals surface area contributed by atoms with Gasteiger partial charge >= 0.3 is 0 Å². The number of amides is 1. The molecule has 100 valence electrons. The molecule has 0 radical (unpaired) electrons. The summed E-state index contributed by atoms with van der Waals surface area (Å²) in [6.07, 6.45) is 0. The van der Waals surface area contributed by atoms with Crippen LogP contribution in [0.25, 0.3) is 0 Å². The lowest BCUT2D eigenvalue weighted by Gasteiger charge is -2.10. The van der Waals surface area contributed by atoms with Crippen LogP contribution in [0, 0.1) is 18.3 Å². The number of nitrogen functional groups attached to an aromatic ring is 1. The molecule has 0 atom stereocenters. The van der Waals surface area contributed by atoms with Crippen LogP contribution in [0.3, 0.4) is 0 Å². The first-order valence-electron chi connectivity index (χ1n) is 5.88. The van der Waals surface area contributed by atoms with Gasteiger partial charge in [-0.15, -0.1) is 0 Å². The van der Waals surface area contributed by atoms with Crippen molar-refractivity contribution in [2.24, 2.45) is 0 Å². The Hall–Kier alpha value is -2.32. The number of aryl methyl sites for hydroxylation is 1. The summed E-state index contributed by atoms with van der Waals surface area (Å²) in [5, 5.41) is 11.8. The first-order chi connectivity index (χ1) is 9.51. The minimum atomic E-state index is -0.288. The number of carbonyl (C=O) groups excluding carboxylic acids is 1. The van der Waals surface area contributed by atoms with E-state index in [1.54, 1.807) is 36.4 Å². The van der Waals surface area contributed by atoms with Gasteiger partial charge in [0.15, 0.2) is 0 Å². The fraction of sp³-hybridized carbons (Fsp3) is 0.0667. The Morgan fingerprint density at radius 3 is 2.75 bits per heavy atom. The third kappa shape index (κ3) is 2.98. The molecule has 0 aliphatic rings. The number of rotatable bonds is 2. The monoisotopic (exact) mass is 329 g/mol. The van der Waals surface area contributed by atoms with E-state index in [9.17, 15) is 4.79 Å². The minimum Gasteiger partial charge on any atom is -0.399 e. The Bertz CT molecular complexity index is 720. The summed E-state index contributed by atoms with van der Waals surface area (Å²) < 4.78 is 0.788. The van der Waals surface area contributed by atoms with E-state index in [4.69, 9.17) is 11.0 Å². The maximum atomic E-state index is 12.3. The Morgan fingerprint density at radius 1 is 1.30 bits per heavy atom. The van der Waals surface area contributed by atoms with E-state index in [2.05, 4.69) is 21.2 Å². The van der Waals surface area contributed by atoms with Crippen LogP contribution >= 0.6 is 15.9 Å². The van der Waals surface area contributed by atoms with Gasteiger partial charge in [0.05, 0.1) is 11.3 Å². The lowest BCUT2D eigenvalue weighted by atomic mass is 10.1. The van der Waals surface area contributed by atoms with Crippen molar-refractivity contribution in [2.45, 2.75) is 6.92 Å². The molecule has 5 heteroatoms. The van der Waals surface area contributed by atoms with Crippen molar-refractivity contribution in [3.05, 3.63) is 57.6 Å². The van der Waals surface area contributed by atoms with Crippen LogP contribution in [-0.2, 0) is 0 Å². The van der Waals surface area contributed by atoms with E-state index < -0.39 is 0 Å². The van der Waals surface area contributed by atoms with Gasteiger partial charge in [0.1, 0.15) is 6.07 Å². The van der Waals surface area contributed by atoms with Crippen LogP contribution in [0.4, 0.5) is 11.4 Å². The third-order valence-corrected chi connectivity index (χ3v) is 3.35. The van der Waals surface area contributed by atoms with Gasteiger partial charge in [-0.05, 0) is 42.8 Å². The Labute approximate surface area is 125 Å². The zero-order valence-electron chi connectivity index (χ0n) is 10.8. The number of nitriles is 1. The molecule has 0 heterocycles. The first-order valence-corrected chi connectivity index (χ1v) is 6.67. The number of halogens is 1. The maximum Gasteiger partial charge on any atom is 0.256 e. The minimum absolute atomic E-state index is 0.288. The normalized spacial score (nSPS) is 9.85. The molecule has 0 spiro atoms. The maximum absolute atomic E-state index is 12.3. The molecule has 0 aliphatic heterocycles. The number of nitrogens with zero attached hydrogens (tertiary/aromatic N) is 1. The van der Waals surface area contributed by atoms with Gasteiger partial charge in [-0.25, -0.2) is 0 Å². The molecule has 0 saturated carbocycles. The molecule has 0 saturated heterocycles. The van der Waals surface area contributed by atoms with Crippen molar-refractivity contribution >= 4 is 33.2 Å². The number of nitrogens with one attached hydrogen (secondary N) is 1. The number of anilines is 2. The van der Waals surface area contributed by atoms with Crippen molar-refractivity contribution in [1.29, 1.82) is 5.26 Å². The molecule has 2 aromatic carbocycles. The summed E-state index contributed by atoms with van der Waals surface area (Å²) in [6.45, 7) is 1.83. The predicted molar refractivity (Wildman–Crippen MR) is 82.4 cm³/mol. The summed E-state index contributed by atoms with van der Waals surface area (Å²) in [5.74, 6) is -0.288. The molecule has 20 heavy (non-hydrogen) atoms. The number of hydrogen-bond donors (Lipinski definition) is 2. The van der Waals surface area contributed by atoms with Gasteiger partial charge in [-0.2, -0.15) is 5.26 Å². The average Bonchev–Trinajstić information content (AvgIpc) is 2.41. The van der Waals surface area contributed by atoms with Crippen molar-refractivity contribution < 1.29 is 4.79 Å². The van der Waals surface area contributed by atoms with Crippen molar-refractivity contribution in [2.75, 3.05) is 11.1 Å². The molecule has 2 aromatic rings. The zero-order valence-corrected chi connectivity index (χ0v) is 12.4. The van der Waals surface area contributed by atoms with Crippen LogP contribution in [0.5, 0.6) is 0 Å². The number of hydrogen-bond acceptors (Lipinski definition) is 3. The largest absolute Gasteiger partial charge is 0.399 e. The fourth-order valence-corrected chi connectivity index (χ4v) is 2.15. The van der Waals surface area contributed by atoms with Crippen LogP contribution in [0.15, 0.2) is 40.9 Å². The van der Waals surface area contributed by atoms with E-state index in [-0.39, 0.29) is 5.91 Å². The van der Waals surface area contributed by atoms with Gasteiger partial charge in [-0.3, -0.25) is 4.79 Å². The summed E-state index contributed by atoms with van der Waals surface area (Å²) >= 11 is 3.32. The SMILES string of the molecule is Cc1ccc(N)cc1C(=O)Nc1cc(Br)ccc1C#N. The fourth-order valence-electron chi connectivity index (χ4n) is 1.79.